The number of fused-ring (bicyclic) bond motifs is 1. The third kappa shape index (κ3) is 2.49. The highest BCUT2D eigenvalue weighted by Crippen LogP contribution is 2.37. The Hall–Kier alpha value is -2.34. The molecule has 0 aliphatic carbocycles. The van der Waals surface area contributed by atoms with Crippen LogP contribution in [-0.2, 0) is 9.53 Å². The molecule has 3 heterocycles. The van der Waals surface area contributed by atoms with Crippen LogP contribution in [0, 0.1) is 5.82 Å². The number of allylic oxidation sites excluding steroid dienone is 1. The fourth-order valence-electron chi connectivity index (χ4n) is 3.32. The number of anilines is 1. The second-order valence-electron chi connectivity index (χ2n) is 6.05. The summed E-state index contributed by atoms with van der Waals surface area (Å²) >= 11 is 0. The number of piperidine rings is 1. The van der Waals surface area contributed by atoms with E-state index in [9.17, 15) is 14.3 Å². The molecule has 23 heavy (non-hydrogen) atoms. The first kappa shape index (κ1) is 14.3. The Morgan fingerprint density at radius 1 is 1.39 bits per heavy atom. The topological polar surface area (TPSA) is 61.8 Å². The summed E-state index contributed by atoms with van der Waals surface area (Å²) < 4.78 is 19.0. The highest BCUT2D eigenvalue weighted by Gasteiger charge is 2.31. The second kappa shape index (κ2) is 5.38. The van der Waals surface area contributed by atoms with Gasteiger partial charge >= 0.3 is 0 Å². The van der Waals surface area contributed by atoms with Crippen LogP contribution in [0.15, 0.2) is 35.7 Å². The van der Waals surface area contributed by atoms with E-state index in [1.54, 1.807) is 6.07 Å². The standard InChI is InChI=1S/C17H17FN2O3/c18-10-3-4-13-14(6-10)19-17(22)16(13)15-7-11(9-23-15)20-5-1-2-12(21)8-20/h3-4,6-7,12,21H,1-2,5,8-9H2,(H,19,22)/b16-15+. The maximum absolute atomic E-state index is 13.3. The number of nitrogens with zero attached hydrogens (tertiary/aromatic N) is 1. The minimum Gasteiger partial charge on any atom is -0.486 e. The number of β-amino-alcohol motifs (C(OH)–C–C–N with tert-alkyl or cyclic N) is 1. The van der Waals surface area contributed by atoms with Crippen molar-refractivity contribution in [2.45, 2.75) is 18.9 Å². The minimum atomic E-state index is -0.388. The molecule has 1 unspecified atom stereocenters. The molecule has 1 aromatic carbocycles. The van der Waals surface area contributed by atoms with Gasteiger partial charge in [-0.3, -0.25) is 4.79 Å². The van der Waals surface area contributed by atoms with Crippen LogP contribution in [0.25, 0.3) is 5.57 Å². The Labute approximate surface area is 133 Å². The van der Waals surface area contributed by atoms with E-state index in [1.165, 1.54) is 12.1 Å². The highest BCUT2D eigenvalue weighted by atomic mass is 19.1. The van der Waals surface area contributed by atoms with Crippen LogP contribution in [0.1, 0.15) is 18.4 Å². The van der Waals surface area contributed by atoms with Crippen molar-refractivity contribution >= 4 is 17.2 Å². The average Bonchev–Trinajstić information content (AvgIpc) is 3.10. The first-order valence-electron chi connectivity index (χ1n) is 7.74. The van der Waals surface area contributed by atoms with E-state index in [1.807, 2.05) is 6.08 Å². The summed E-state index contributed by atoms with van der Waals surface area (Å²) in [5.41, 5.74) is 2.53. The number of carbonyl (C=O) groups is 1. The Morgan fingerprint density at radius 2 is 2.26 bits per heavy atom. The monoisotopic (exact) mass is 316 g/mol. The maximum atomic E-state index is 13.3. The SMILES string of the molecule is O=C1Nc2cc(F)ccc2/C1=C1/C=C(N2CCCC(O)C2)CO1. The largest absolute Gasteiger partial charge is 0.486 e. The van der Waals surface area contributed by atoms with Gasteiger partial charge in [0.1, 0.15) is 18.2 Å². The van der Waals surface area contributed by atoms with Crippen LogP contribution in [0.3, 0.4) is 0 Å². The fraction of sp³-hybridized carbons (Fsp3) is 0.353. The number of amides is 1. The molecular weight excluding hydrogens is 299 g/mol. The molecule has 1 atom stereocenters. The van der Waals surface area contributed by atoms with E-state index in [-0.39, 0.29) is 17.8 Å². The molecule has 1 fully saturated rings. The molecule has 3 aliphatic rings. The number of aliphatic hydroxyl groups is 1. The summed E-state index contributed by atoms with van der Waals surface area (Å²) in [6, 6.07) is 4.23. The first-order chi connectivity index (χ1) is 11.1. The minimum absolute atomic E-state index is 0.281. The van der Waals surface area contributed by atoms with Crippen molar-refractivity contribution < 1.29 is 19.0 Å². The first-order valence-corrected chi connectivity index (χ1v) is 7.74. The van der Waals surface area contributed by atoms with Crippen molar-refractivity contribution in [3.63, 3.8) is 0 Å². The molecule has 0 bridgehead atoms. The van der Waals surface area contributed by atoms with Gasteiger partial charge in [-0.05, 0) is 31.0 Å². The molecule has 0 spiro atoms. The van der Waals surface area contributed by atoms with E-state index in [0.29, 0.717) is 35.7 Å². The molecule has 1 aromatic rings. The van der Waals surface area contributed by atoms with E-state index in [4.69, 9.17) is 4.74 Å². The lowest BCUT2D eigenvalue weighted by molar-refractivity contribution is -0.110. The van der Waals surface area contributed by atoms with Gasteiger partial charge in [0.2, 0.25) is 0 Å². The molecule has 0 saturated carbocycles. The molecule has 1 saturated heterocycles. The van der Waals surface area contributed by atoms with E-state index in [0.717, 1.165) is 25.1 Å². The maximum Gasteiger partial charge on any atom is 0.260 e. The van der Waals surface area contributed by atoms with Crippen molar-refractivity contribution in [3.05, 3.63) is 47.1 Å². The summed E-state index contributed by atoms with van der Waals surface area (Å²) in [6.07, 6.45) is 3.29. The van der Waals surface area contributed by atoms with Gasteiger partial charge in [0.15, 0.2) is 0 Å². The lowest BCUT2D eigenvalue weighted by Crippen LogP contribution is -2.37. The number of nitrogens with one attached hydrogen (secondary N) is 1. The molecule has 2 N–H and O–H groups in total. The third-order valence-electron chi connectivity index (χ3n) is 4.45. The third-order valence-corrected chi connectivity index (χ3v) is 4.45. The van der Waals surface area contributed by atoms with Gasteiger partial charge in [-0.25, -0.2) is 4.39 Å². The number of likely N-dealkylation sites (tertiary alicyclic amines) is 1. The van der Waals surface area contributed by atoms with Gasteiger partial charge in [-0.2, -0.15) is 0 Å². The molecule has 120 valence electrons. The van der Waals surface area contributed by atoms with Gasteiger partial charge in [0.25, 0.3) is 5.91 Å². The molecule has 0 aromatic heterocycles. The molecule has 5 nitrogen and oxygen atoms in total. The van der Waals surface area contributed by atoms with Crippen molar-refractivity contribution in [1.29, 1.82) is 0 Å². The number of hydrogen-bond acceptors (Lipinski definition) is 4. The summed E-state index contributed by atoms with van der Waals surface area (Å²) in [4.78, 5) is 14.3. The summed E-state index contributed by atoms with van der Waals surface area (Å²) in [7, 11) is 0. The van der Waals surface area contributed by atoms with Crippen LogP contribution in [0.4, 0.5) is 10.1 Å². The summed E-state index contributed by atoms with van der Waals surface area (Å²) in [5, 5.41) is 12.5. The Kier molecular flexibility index (Phi) is 3.34. The van der Waals surface area contributed by atoms with Crippen LogP contribution in [-0.4, -0.2) is 41.7 Å². The number of rotatable bonds is 1. The van der Waals surface area contributed by atoms with E-state index in [2.05, 4.69) is 10.2 Å². The Bertz CT molecular complexity index is 741. The highest BCUT2D eigenvalue weighted by molar-refractivity contribution is 6.32. The molecule has 4 rings (SSSR count). The Morgan fingerprint density at radius 3 is 3.09 bits per heavy atom. The smallest absolute Gasteiger partial charge is 0.260 e. The zero-order valence-corrected chi connectivity index (χ0v) is 12.5. The second-order valence-corrected chi connectivity index (χ2v) is 6.05. The number of carbonyl (C=O) groups excluding carboxylic acids is 1. The zero-order chi connectivity index (χ0) is 16.0. The molecular formula is C17H17FN2O3. The van der Waals surface area contributed by atoms with Gasteiger partial charge < -0.3 is 20.1 Å². The number of ether oxygens (including phenoxy) is 1. The Balaban J connectivity index is 1.68. The van der Waals surface area contributed by atoms with Crippen molar-refractivity contribution in [1.82, 2.24) is 4.90 Å². The van der Waals surface area contributed by atoms with Crippen molar-refractivity contribution in [3.8, 4) is 0 Å². The fourth-order valence-corrected chi connectivity index (χ4v) is 3.32. The van der Waals surface area contributed by atoms with E-state index < -0.39 is 0 Å². The molecule has 3 aliphatic heterocycles. The van der Waals surface area contributed by atoms with Crippen LogP contribution < -0.4 is 5.32 Å². The molecule has 0 radical (unpaired) electrons. The molecule has 1 amide bonds. The van der Waals surface area contributed by atoms with Gasteiger partial charge in [-0.1, -0.05) is 0 Å². The number of benzene rings is 1. The lowest BCUT2D eigenvalue weighted by Gasteiger charge is -2.32. The van der Waals surface area contributed by atoms with Gasteiger partial charge in [-0.15, -0.1) is 0 Å². The quantitative estimate of drug-likeness (QED) is 0.777. The van der Waals surface area contributed by atoms with Gasteiger partial charge in [0, 0.05) is 24.7 Å². The van der Waals surface area contributed by atoms with Crippen LogP contribution in [0.2, 0.25) is 0 Å². The number of aliphatic hydroxyl groups excluding tert-OH is 1. The lowest BCUT2D eigenvalue weighted by atomic mass is 10.1. The number of halogens is 1. The number of hydrogen-bond donors (Lipinski definition) is 2. The normalized spacial score (nSPS) is 26.7. The molecule has 6 heteroatoms. The predicted octanol–water partition coefficient (Wildman–Crippen LogP) is 1.86. The summed E-state index contributed by atoms with van der Waals surface area (Å²) in [6.45, 7) is 1.85. The van der Waals surface area contributed by atoms with E-state index >= 15 is 0 Å². The van der Waals surface area contributed by atoms with Gasteiger partial charge in [0.05, 0.1) is 23.1 Å². The average molecular weight is 316 g/mol. The van der Waals surface area contributed by atoms with Crippen LogP contribution >= 0.6 is 0 Å². The summed E-state index contributed by atoms with van der Waals surface area (Å²) in [5.74, 6) is -0.166. The zero-order valence-electron chi connectivity index (χ0n) is 12.5. The van der Waals surface area contributed by atoms with Crippen molar-refractivity contribution in [2.24, 2.45) is 0 Å². The van der Waals surface area contributed by atoms with Crippen LogP contribution in [0.5, 0.6) is 0 Å². The van der Waals surface area contributed by atoms with Crippen molar-refractivity contribution in [2.75, 3.05) is 25.0 Å². The predicted molar refractivity (Wildman–Crippen MR) is 82.8 cm³/mol.